The molecule has 0 saturated carbocycles. The van der Waals surface area contributed by atoms with Crippen LogP contribution in [0.2, 0.25) is 0 Å². The Morgan fingerprint density at radius 3 is 2.36 bits per heavy atom. The van der Waals surface area contributed by atoms with Gasteiger partial charge in [0.05, 0.1) is 39.6 Å². The molecular formula is C28H27NO7. The monoisotopic (exact) mass is 489 g/mol. The van der Waals surface area contributed by atoms with E-state index in [1.807, 2.05) is 30.3 Å². The molecule has 0 radical (unpaired) electrons. The molecule has 0 bridgehead atoms. The zero-order chi connectivity index (χ0) is 25.2. The molecule has 0 aromatic heterocycles. The van der Waals surface area contributed by atoms with Crippen molar-refractivity contribution < 1.29 is 33.2 Å². The van der Waals surface area contributed by atoms with Crippen molar-refractivity contribution in [2.45, 2.75) is 13.1 Å². The third-order valence-electron chi connectivity index (χ3n) is 6.27. The largest absolute Gasteiger partial charge is 0.497 e. The molecule has 8 heteroatoms. The molecule has 0 unspecified atom stereocenters. The van der Waals surface area contributed by atoms with Gasteiger partial charge in [-0.25, -0.2) is 0 Å². The van der Waals surface area contributed by atoms with Crippen LogP contribution in [0.25, 0.3) is 6.08 Å². The summed E-state index contributed by atoms with van der Waals surface area (Å²) in [6, 6.07) is 15.1. The van der Waals surface area contributed by atoms with E-state index >= 15 is 0 Å². The summed E-state index contributed by atoms with van der Waals surface area (Å²) in [4.78, 5) is 15.4. The van der Waals surface area contributed by atoms with Crippen LogP contribution in [-0.4, -0.2) is 45.9 Å². The minimum atomic E-state index is -0.197. The second-order valence-corrected chi connectivity index (χ2v) is 8.39. The van der Waals surface area contributed by atoms with Crippen molar-refractivity contribution in [1.29, 1.82) is 0 Å². The molecule has 0 N–H and O–H groups in total. The lowest BCUT2D eigenvalue weighted by Crippen LogP contribution is -2.31. The SMILES string of the molecule is COc1ccc(CN2COc3ccc4c(c3C2)O/C(=C\c2ccc(OC)c(OC)c2OC)C4=O)cc1. The summed E-state index contributed by atoms with van der Waals surface area (Å²) in [5.74, 6) is 3.49. The van der Waals surface area contributed by atoms with Gasteiger partial charge in [0, 0.05) is 18.7 Å². The summed E-state index contributed by atoms with van der Waals surface area (Å²) in [6.07, 6.45) is 1.66. The molecule has 3 aromatic carbocycles. The van der Waals surface area contributed by atoms with Gasteiger partial charge >= 0.3 is 0 Å². The number of hydrogen-bond donors (Lipinski definition) is 0. The van der Waals surface area contributed by atoms with Crippen molar-refractivity contribution >= 4 is 11.9 Å². The molecule has 0 spiro atoms. The molecular weight excluding hydrogens is 462 g/mol. The molecule has 36 heavy (non-hydrogen) atoms. The van der Waals surface area contributed by atoms with E-state index in [2.05, 4.69) is 4.90 Å². The third-order valence-corrected chi connectivity index (χ3v) is 6.27. The number of carbonyl (C=O) groups excluding carboxylic acids is 1. The maximum Gasteiger partial charge on any atom is 0.231 e. The van der Waals surface area contributed by atoms with Gasteiger partial charge in [0.15, 0.2) is 17.3 Å². The Morgan fingerprint density at radius 2 is 1.67 bits per heavy atom. The predicted molar refractivity (Wildman–Crippen MR) is 133 cm³/mol. The minimum absolute atomic E-state index is 0.197. The van der Waals surface area contributed by atoms with Gasteiger partial charge in [0.2, 0.25) is 11.5 Å². The summed E-state index contributed by atoms with van der Waals surface area (Å²) in [5.41, 5.74) is 3.13. The van der Waals surface area contributed by atoms with Crippen LogP contribution in [0.5, 0.6) is 34.5 Å². The van der Waals surface area contributed by atoms with Gasteiger partial charge in [-0.2, -0.15) is 0 Å². The highest BCUT2D eigenvalue weighted by atomic mass is 16.5. The standard InChI is InChI=1S/C28H27NO7/c1-31-19-8-5-17(6-9-19)14-29-15-21-22(35-16-29)12-10-20-25(30)24(36-27(20)21)13-18-7-11-23(32-2)28(34-4)26(18)33-3/h5-13H,14-16H2,1-4H3/b24-13-. The molecule has 8 nitrogen and oxygen atoms in total. The van der Waals surface area contributed by atoms with Crippen molar-refractivity contribution in [1.82, 2.24) is 4.90 Å². The lowest BCUT2D eigenvalue weighted by atomic mass is 10.0. The van der Waals surface area contributed by atoms with Crippen LogP contribution < -0.4 is 28.4 Å². The van der Waals surface area contributed by atoms with Crippen molar-refractivity contribution in [3.63, 3.8) is 0 Å². The first kappa shape index (κ1) is 23.6. The number of fused-ring (bicyclic) bond motifs is 3. The fraction of sp³-hybridized carbons (Fsp3) is 0.250. The molecule has 186 valence electrons. The van der Waals surface area contributed by atoms with Crippen LogP contribution in [0.3, 0.4) is 0 Å². The van der Waals surface area contributed by atoms with Crippen LogP contribution in [0.4, 0.5) is 0 Å². The van der Waals surface area contributed by atoms with Crippen molar-refractivity contribution in [2.75, 3.05) is 35.2 Å². The highest BCUT2D eigenvalue weighted by Crippen LogP contribution is 2.44. The summed E-state index contributed by atoms with van der Waals surface area (Å²) in [7, 11) is 6.28. The predicted octanol–water partition coefficient (Wildman–Crippen LogP) is 4.69. The Bertz CT molecular complexity index is 1330. The zero-order valence-corrected chi connectivity index (χ0v) is 20.6. The van der Waals surface area contributed by atoms with Gasteiger partial charge < -0.3 is 28.4 Å². The van der Waals surface area contributed by atoms with Crippen LogP contribution in [0.15, 0.2) is 54.3 Å². The number of ketones is 1. The number of rotatable bonds is 7. The van der Waals surface area contributed by atoms with E-state index in [9.17, 15) is 4.79 Å². The zero-order valence-electron chi connectivity index (χ0n) is 20.6. The van der Waals surface area contributed by atoms with Crippen LogP contribution >= 0.6 is 0 Å². The van der Waals surface area contributed by atoms with E-state index in [1.165, 1.54) is 14.2 Å². The van der Waals surface area contributed by atoms with Crippen LogP contribution in [0, 0.1) is 0 Å². The summed E-state index contributed by atoms with van der Waals surface area (Å²) in [6.45, 7) is 1.72. The molecule has 0 aliphatic carbocycles. The van der Waals surface area contributed by atoms with E-state index in [1.54, 1.807) is 38.5 Å². The average molecular weight is 490 g/mol. The second kappa shape index (κ2) is 9.83. The van der Waals surface area contributed by atoms with Crippen molar-refractivity contribution in [3.05, 3.63) is 76.5 Å². The average Bonchev–Trinajstić information content (AvgIpc) is 3.24. The van der Waals surface area contributed by atoms with Gasteiger partial charge in [-0.3, -0.25) is 9.69 Å². The van der Waals surface area contributed by atoms with E-state index in [-0.39, 0.29) is 11.5 Å². The smallest absolute Gasteiger partial charge is 0.231 e. The second-order valence-electron chi connectivity index (χ2n) is 8.39. The fourth-order valence-corrected chi connectivity index (χ4v) is 4.47. The summed E-state index contributed by atoms with van der Waals surface area (Å²) < 4.78 is 33.8. The van der Waals surface area contributed by atoms with E-state index < -0.39 is 0 Å². The normalized spacial score (nSPS) is 15.6. The maximum absolute atomic E-state index is 13.2. The topological polar surface area (TPSA) is 75.7 Å². The number of hydrogen-bond acceptors (Lipinski definition) is 8. The van der Waals surface area contributed by atoms with Crippen molar-refractivity contribution in [2.24, 2.45) is 0 Å². The molecule has 0 atom stereocenters. The molecule has 5 rings (SSSR count). The number of methoxy groups -OCH3 is 4. The number of nitrogens with zero attached hydrogens (tertiary/aromatic N) is 1. The molecule has 3 aromatic rings. The number of allylic oxidation sites excluding steroid dienone is 1. The first-order valence-electron chi connectivity index (χ1n) is 11.4. The molecule has 0 fully saturated rings. The Balaban J connectivity index is 1.43. The molecule has 0 saturated heterocycles. The summed E-state index contributed by atoms with van der Waals surface area (Å²) in [5, 5.41) is 0. The highest BCUT2D eigenvalue weighted by Gasteiger charge is 2.34. The van der Waals surface area contributed by atoms with E-state index in [4.69, 9.17) is 28.4 Å². The maximum atomic E-state index is 13.2. The Labute approximate surface area is 209 Å². The Kier molecular flexibility index (Phi) is 6.43. The number of carbonyl (C=O) groups is 1. The van der Waals surface area contributed by atoms with E-state index in [0.717, 1.165) is 22.6 Å². The van der Waals surface area contributed by atoms with Gasteiger partial charge in [-0.05, 0) is 48.0 Å². The first-order valence-corrected chi connectivity index (χ1v) is 11.4. The molecule has 2 aliphatic heterocycles. The minimum Gasteiger partial charge on any atom is -0.497 e. The van der Waals surface area contributed by atoms with Crippen LogP contribution in [0.1, 0.15) is 27.0 Å². The van der Waals surface area contributed by atoms with Gasteiger partial charge in [-0.1, -0.05) is 12.1 Å². The third kappa shape index (κ3) is 4.20. The number of benzene rings is 3. The number of ether oxygens (including phenoxy) is 6. The Hall–Kier alpha value is -4.17. The number of Topliss-reactive ketones (excluding diaryl/α,β-unsaturated/α-hetero) is 1. The molecule has 2 aliphatic rings. The van der Waals surface area contributed by atoms with Crippen molar-refractivity contribution in [3.8, 4) is 34.5 Å². The van der Waals surface area contributed by atoms with Crippen LogP contribution in [-0.2, 0) is 13.1 Å². The molecule has 0 amide bonds. The Morgan fingerprint density at radius 1 is 0.889 bits per heavy atom. The van der Waals surface area contributed by atoms with E-state index in [0.29, 0.717) is 53.9 Å². The summed E-state index contributed by atoms with van der Waals surface area (Å²) >= 11 is 0. The lowest BCUT2D eigenvalue weighted by Gasteiger charge is -2.29. The lowest BCUT2D eigenvalue weighted by molar-refractivity contribution is 0.0872. The van der Waals surface area contributed by atoms with Gasteiger partial charge in [0.1, 0.15) is 24.0 Å². The first-order chi connectivity index (χ1) is 17.6. The van der Waals surface area contributed by atoms with Gasteiger partial charge in [0.25, 0.3) is 0 Å². The van der Waals surface area contributed by atoms with Gasteiger partial charge in [-0.15, -0.1) is 0 Å². The fourth-order valence-electron chi connectivity index (χ4n) is 4.47. The quantitative estimate of drug-likeness (QED) is 0.443. The highest BCUT2D eigenvalue weighted by molar-refractivity contribution is 6.15. The molecule has 2 heterocycles.